The molecule has 3 N–H and O–H groups in total. The van der Waals surface area contributed by atoms with E-state index in [-0.39, 0.29) is 17.7 Å². The SMILES string of the molecule is Cc1c(C)c(=O)n(Cc2cccc(N)n2)[nH]c1=O. The Kier molecular flexibility index (Phi) is 3.01. The molecule has 2 aromatic rings. The lowest BCUT2D eigenvalue weighted by Gasteiger charge is -2.07. The molecule has 0 aliphatic heterocycles. The third-order valence-electron chi connectivity index (χ3n) is 2.85. The van der Waals surface area contributed by atoms with Crippen LogP contribution in [0.4, 0.5) is 5.82 Å². The third-order valence-corrected chi connectivity index (χ3v) is 2.85. The van der Waals surface area contributed by atoms with Gasteiger partial charge in [-0.3, -0.25) is 14.7 Å². The van der Waals surface area contributed by atoms with Gasteiger partial charge in [-0.15, -0.1) is 0 Å². The van der Waals surface area contributed by atoms with Gasteiger partial charge in [-0.1, -0.05) is 6.07 Å². The number of pyridine rings is 1. The fourth-order valence-corrected chi connectivity index (χ4v) is 1.65. The Balaban J connectivity index is 2.48. The van der Waals surface area contributed by atoms with Gasteiger partial charge in [0, 0.05) is 11.1 Å². The number of nitrogens with one attached hydrogen (secondary N) is 1. The molecule has 0 aliphatic carbocycles. The van der Waals surface area contributed by atoms with Crippen LogP contribution < -0.4 is 16.9 Å². The summed E-state index contributed by atoms with van der Waals surface area (Å²) in [5.41, 5.74) is 6.58. The Bertz CT molecular complexity index is 700. The van der Waals surface area contributed by atoms with Gasteiger partial charge in [-0.05, 0) is 26.0 Å². The molecule has 0 aliphatic rings. The smallest absolute Gasteiger partial charge is 0.268 e. The average Bonchev–Trinajstić information content (AvgIpc) is 2.33. The maximum atomic E-state index is 12.0. The van der Waals surface area contributed by atoms with Gasteiger partial charge in [-0.25, -0.2) is 9.67 Å². The van der Waals surface area contributed by atoms with Gasteiger partial charge in [0.2, 0.25) is 0 Å². The van der Waals surface area contributed by atoms with Gasteiger partial charge in [0.15, 0.2) is 0 Å². The number of nitrogens with two attached hydrogens (primary N) is 1. The number of nitrogen functional groups attached to an aromatic ring is 1. The second-order valence-corrected chi connectivity index (χ2v) is 4.14. The Morgan fingerprint density at radius 2 is 2.00 bits per heavy atom. The van der Waals surface area contributed by atoms with Crippen LogP contribution >= 0.6 is 0 Å². The predicted octanol–water partition coefficient (Wildman–Crippen LogP) is 0.179. The molecule has 18 heavy (non-hydrogen) atoms. The Hall–Kier alpha value is -2.37. The minimum atomic E-state index is -0.268. The summed E-state index contributed by atoms with van der Waals surface area (Å²) in [7, 11) is 0. The molecule has 2 rings (SSSR count). The first-order chi connectivity index (χ1) is 8.49. The molecule has 2 heterocycles. The molecular formula is C12H14N4O2. The summed E-state index contributed by atoms with van der Waals surface area (Å²) in [6.07, 6.45) is 0. The summed E-state index contributed by atoms with van der Waals surface area (Å²) >= 11 is 0. The quantitative estimate of drug-likeness (QED) is 0.790. The Morgan fingerprint density at radius 3 is 2.67 bits per heavy atom. The molecule has 0 atom stereocenters. The van der Waals surface area contributed by atoms with Crippen molar-refractivity contribution in [3.63, 3.8) is 0 Å². The van der Waals surface area contributed by atoms with Crippen molar-refractivity contribution in [3.8, 4) is 0 Å². The molecule has 0 saturated carbocycles. The van der Waals surface area contributed by atoms with Crippen LogP contribution in [0, 0.1) is 13.8 Å². The maximum Gasteiger partial charge on any atom is 0.268 e. The lowest BCUT2D eigenvalue weighted by Crippen LogP contribution is -2.33. The number of hydrogen-bond donors (Lipinski definition) is 2. The Labute approximate surface area is 103 Å². The molecule has 2 aromatic heterocycles. The first-order valence-corrected chi connectivity index (χ1v) is 5.51. The van der Waals surface area contributed by atoms with E-state index < -0.39 is 0 Å². The van der Waals surface area contributed by atoms with Crippen molar-refractivity contribution in [2.75, 3.05) is 5.73 Å². The first-order valence-electron chi connectivity index (χ1n) is 5.51. The van der Waals surface area contributed by atoms with E-state index >= 15 is 0 Å². The van der Waals surface area contributed by atoms with E-state index in [9.17, 15) is 9.59 Å². The molecule has 6 nitrogen and oxygen atoms in total. The topological polar surface area (TPSA) is 93.8 Å². The van der Waals surface area contributed by atoms with Crippen molar-refractivity contribution in [2.24, 2.45) is 0 Å². The molecule has 0 radical (unpaired) electrons. The fourth-order valence-electron chi connectivity index (χ4n) is 1.65. The molecule has 0 amide bonds. The second kappa shape index (κ2) is 4.48. The normalized spacial score (nSPS) is 10.6. The minimum absolute atomic E-state index is 0.195. The van der Waals surface area contributed by atoms with Crippen molar-refractivity contribution in [2.45, 2.75) is 20.4 Å². The highest BCUT2D eigenvalue weighted by molar-refractivity contribution is 5.28. The lowest BCUT2D eigenvalue weighted by molar-refractivity contribution is 0.609. The third kappa shape index (κ3) is 2.17. The number of nitrogens with zero attached hydrogens (tertiary/aromatic N) is 2. The molecule has 0 aromatic carbocycles. The summed E-state index contributed by atoms with van der Waals surface area (Å²) in [4.78, 5) is 27.7. The molecule has 0 bridgehead atoms. The summed E-state index contributed by atoms with van der Waals surface area (Å²) < 4.78 is 1.24. The number of aromatic amines is 1. The monoisotopic (exact) mass is 246 g/mol. The number of anilines is 1. The van der Waals surface area contributed by atoms with E-state index in [2.05, 4.69) is 10.1 Å². The summed E-state index contributed by atoms with van der Waals surface area (Å²) in [6.45, 7) is 3.45. The zero-order valence-electron chi connectivity index (χ0n) is 10.2. The van der Waals surface area contributed by atoms with Crippen molar-refractivity contribution >= 4 is 5.82 Å². The molecule has 0 fully saturated rings. The van der Waals surface area contributed by atoms with E-state index in [1.807, 2.05) is 0 Å². The van der Waals surface area contributed by atoms with E-state index in [1.54, 1.807) is 32.0 Å². The lowest BCUT2D eigenvalue weighted by atomic mass is 10.2. The van der Waals surface area contributed by atoms with Gasteiger partial charge in [-0.2, -0.15) is 0 Å². The van der Waals surface area contributed by atoms with Crippen LogP contribution in [0.1, 0.15) is 16.8 Å². The van der Waals surface area contributed by atoms with E-state index in [0.29, 0.717) is 22.6 Å². The number of aromatic nitrogens is 3. The van der Waals surface area contributed by atoms with Crippen LogP contribution in [0.2, 0.25) is 0 Å². The van der Waals surface area contributed by atoms with Crippen LogP contribution in [0.5, 0.6) is 0 Å². The van der Waals surface area contributed by atoms with E-state index in [4.69, 9.17) is 5.73 Å². The Morgan fingerprint density at radius 1 is 1.28 bits per heavy atom. The van der Waals surface area contributed by atoms with Crippen LogP contribution in [-0.2, 0) is 6.54 Å². The summed E-state index contributed by atoms with van der Waals surface area (Å²) in [5, 5.41) is 2.52. The molecule has 6 heteroatoms. The van der Waals surface area contributed by atoms with Crippen LogP contribution in [-0.4, -0.2) is 14.8 Å². The van der Waals surface area contributed by atoms with Gasteiger partial charge >= 0.3 is 0 Å². The zero-order chi connectivity index (χ0) is 13.3. The summed E-state index contributed by atoms with van der Waals surface area (Å²) in [5.74, 6) is 0.381. The molecule has 0 unspecified atom stereocenters. The highest BCUT2D eigenvalue weighted by atomic mass is 16.2. The number of rotatable bonds is 2. The van der Waals surface area contributed by atoms with Gasteiger partial charge in [0.05, 0.1) is 12.2 Å². The van der Waals surface area contributed by atoms with E-state index in [1.165, 1.54) is 4.68 Å². The molecule has 0 saturated heterocycles. The van der Waals surface area contributed by atoms with Crippen molar-refractivity contribution in [1.29, 1.82) is 0 Å². The number of H-pyrrole nitrogens is 1. The number of hydrogen-bond acceptors (Lipinski definition) is 4. The van der Waals surface area contributed by atoms with Crippen LogP contribution in [0.3, 0.4) is 0 Å². The predicted molar refractivity (Wildman–Crippen MR) is 68.5 cm³/mol. The van der Waals surface area contributed by atoms with Crippen LogP contribution in [0.15, 0.2) is 27.8 Å². The van der Waals surface area contributed by atoms with Gasteiger partial charge in [0.1, 0.15) is 5.82 Å². The van der Waals surface area contributed by atoms with Crippen molar-refractivity contribution < 1.29 is 0 Å². The molecule has 94 valence electrons. The highest BCUT2D eigenvalue weighted by Crippen LogP contribution is 2.01. The van der Waals surface area contributed by atoms with E-state index in [0.717, 1.165) is 0 Å². The van der Waals surface area contributed by atoms with Crippen molar-refractivity contribution in [3.05, 3.63) is 55.7 Å². The standard InChI is InChI=1S/C12H14N4O2/c1-7-8(2)12(18)16(15-11(7)17)6-9-4-3-5-10(13)14-9/h3-5H,6H2,1-2H3,(H2,13,14)(H,15,17). The average molecular weight is 246 g/mol. The molecule has 0 spiro atoms. The molecular weight excluding hydrogens is 232 g/mol. The maximum absolute atomic E-state index is 12.0. The second-order valence-electron chi connectivity index (χ2n) is 4.14. The highest BCUT2D eigenvalue weighted by Gasteiger charge is 2.08. The van der Waals surface area contributed by atoms with Crippen molar-refractivity contribution in [1.82, 2.24) is 14.8 Å². The van der Waals surface area contributed by atoms with Gasteiger partial charge < -0.3 is 5.73 Å². The minimum Gasteiger partial charge on any atom is -0.384 e. The largest absolute Gasteiger partial charge is 0.384 e. The summed E-state index contributed by atoms with van der Waals surface area (Å²) in [6, 6.07) is 5.16. The first kappa shape index (κ1) is 12.1. The van der Waals surface area contributed by atoms with Crippen LogP contribution in [0.25, 0.3) is 0 Å². The zero-order valence-corrected chi connectivity index (χ0v) is 10.2. The fraction of sp³-hybridized carbons (Fsp3) is 0.250. The van der Waals surface area contributed by atoms with Gasteiger partial charge in [0.25, 0.3) is 11.1 Å².